The Morgan fingerprint density at radius 3 is 2.38 bits per heavy atom. The summed E-state index contributed by atoms with van der Waals surface area (Å²) in [6.45, 7) is 7.72. The summed E-state index contributed by atoms with van der Waals surface area (Å²) in [5, 5.41) is 9.61. The zero-order valence-corrected chi connectivity index (χ0v) is 9.26. The first-order chi connectivity index (χ1) is 5.90. The van der Waals surface area contributed by atoms with Gasteiger partial charge in [0.1, 0.15) is 5.60 Å². The van der Waals surface area contributed by atoms with Crippen molar-refractivity contribution in [3.63, 3.8) is 0 Å². The van der Waals surface area contributed by atoms with Crippen LogP contribution in [0.25, 0.3) is 0 Å². The van der Waals surface area contributed by atoms with E-state index in [4.69, 9.17) is 0 Å². The number of ketones is 1. The number of carbonyl (C=O) groups is 1. The second-order valence-electron chi connectivity index (χ2n) is 4.34. The molecule has 13 heavy (non-hydrogen) atoms. The lowest BCUT2D eigenvalue weighted by molar-refractivity contribution is -0.136. The van der Waals surface area contributed by atoms with E-state index in [0.29, 0.717) is 18.8 Å². The smallest absolute Gasteiger partial charge is 0.164 e. The van der Waals surface area contributed by atoms with E-state index in [2.05, 4.69) is 13.8 Å². The first kappa shape index (κ1) is 12.6. The van der Waals surface area contributed by atoms with Crippen molar-refractivity contribution in [1.29, 1.82) is 0 Å². The molecule has 0 bridgehead atoms. The summed E-state index contributed by atoms with van der Waals surface area (Å²) in [7, 11) is 0. The maximum Gasteiger partial charge on any atom is 0.164 e. The van der Waals surface area contributed by atoms with Crippen LogP contribution in [0.5, 0.6) is 0 Å². The largest absolute Gasteiger partial charge is 0.382 e. The van der Waals surface area contributed by atoms with Crippen molar-refractivity contribution in [3.8, 4) is 0 Å². The summed E-state index contributed by atoms with van der Waals surface area (Å²) in [6, 6.07) is 0. The van der Waals surface area contributed by atoms with E-state index in [1.54, 1.807) is 6.92 Å². The van der Waals surface area contributed by atoms with Crippen molar-refractivity contribution in [2.75, 3.05) is 0 Å². The minimum absolute atomic E-state index is 0.0179. The van der Waals surface area contributed by atoms with Crippen molar-refractivity contribution in [2.24, 2.45) is 5.92 Å². The van der Waals surface area contributed by atoms with E-state index in [9.17, 15) is 9.90 Å². The molecule has 0 heterocycles. The van der Waals surface area contributed by atoms with E-state index in [0.717, 1.165) is 12.8 Å². The van der Waals surface area contributed by atoms with Crippen LogP contribution >= 0.6 is 0 Å². The standard InChI is InChI=1S/C11H22O2/c1-5-11(4,13)10(12)8-6-7-9(2)3/h9,13H,5-8H2,1-4H3. The molecule has 0 saturated heterocycles. The molecule has 1 N–H and O–H groups in total. The van der Waals surface area contributed by atoms with Gasteiger partial charge >= 0.3 is 0 Å². The highest BCUT2D eigenvalue weighted by molar-refractivity contribution is 5.86. The first-order valence-corrected chi connectivity index (χ1v) is 5.15. The summed E-state index contributed by atoms with van der Waals surface area (Å²) in [6.07, 6.45) is 2.98. The molecular formula is C11H22O2. The highest BCUT2D eigenvalue weighted by Crippen LogP contribution is 2.15. The van der Waals surface area contributed by atoms with Crippen LogP contribution in [0.2, 0.25) is 0 Å². The monoisotopic (exact) mass is 186 g/mol. The quantitative estimate of drug-likeness (QED) is 0.692. The topological polar surface area (TPSA) is 37.3 Å². The minimum atomic E-state index is -1.10. The van der Waals surface area contributed by atoms with Gasteiger partial charge in [0.05, 0.1) is 0 Å². The van der Waals surface area contributed by atoms with Gasteiger partial charge in [-0.2, -0.15) is 0 Å². The summed E-state index contributed by atoms with van der Waals surface area (Å²) in [5.74, 6) is 0.620. The molecule has 2 nitrogen and oxygen atoms in total. The van der Waals surface area contributed by atoms with Crippen LogP contribution in [0.1, 0.15) is 53.4 Å². The Bertz CT molecular complexity index is 159. The first-order valence-electron chi connectivity index (χ1n) is 5.15. The number of carbonyl (C=O) groups excluding carboxylic acids is 1. The Morgan fingerprint density at radius 2 is 2.00 bits per heavy atom. The Labute approximate surface area is 81.3 Å². The molecule has 0 aromatic rings. The molecule has 1 unspecified atom stereocenters. The molecule has 0 amide bonds. The summed E-state index contributed by atoms with van der Waals surface area (Å²) in [4.78, 5) is 11.4. The second-order valence-corrected chi connectivity index (χ2v) is 4.34. The maximum absolute atomic E-state index is 11.4. The minimum Gasteiger partial charge on any atom is -0.382 e. The van der Waals surface area contributed by atoms with Gasteiger partial charge < -0.3 is 5.11 Å². The Balaban J connectivity index is 3.75. The Morgan fingerprint density at radius 1 is 1.46 bits per heavy atom. The molecular weight excluding hydrogens is 164 g/mol. The number of Topliss-reactive ketones (excluding diaryl/α,β-unsaturated/α-hetero) is 1. The van der Waals surface area contributed by atoms with Crippen LogP contribution in [0.3, 0.4) is 0 Å². The molecule has 2 heteroatoms. The normalized spacial score (nSPS) is 15.8. The zero-order chi connectivity index (χ0) is 10.5. The Hall–Kier alpha value is -0.370. The van der Waals surface area contributed by atoms with Gasteiger partial charge in [-0.25, -0.2) is 0 Å². The van der Waals surface area contributed by atoms with Crippen LogP contribution < -0.4 is 0 Å². The van der Waals surface area contributed by atoms with Crippen LogP contribution in [-0.2, 0) is 4.79 Å². The SMILES string of the molecule is CCC(C)(O)C(=O)CCCC(C)C. The molecule has 0 aromatic heterocycles. The van der Waals surface area contributed by atoms with E-state index in [-0.39, 0.29) is 5.78 Å². The molecule has 0 aromatic carbocycles. The van der Waals surface area contributed by atoms with Crippen molar-refractivity contribution in [1.82, 2.24) is 0 Å². The van der Waals surface area contributed by atoms with Crippen LogP contribution in [0.15, 0.2) is 0 Å². The van der Waals surface area contributed by atoms with Crippen LogP contribution in [0, 0.1) is 5.92 Å². The summed E-state index contributed by atoms with van der Waals surface area (Å²) >= 11 is 0. The highest BCUT2D eigenvalue weighted by atomic mass is 16.3. The van der Waals surface area contributed by atoms with Crippen molar-refractivity contribution in [2.45, 2.75) is 59.0 Å². The molecule has 0 aliphatic rings. The van der Waals surface area contributed by atoms with Gasteiger partial charge in [0.25, 0.3) is 0 Å². The number of rotatable bonds is 6. The van der Waals surface area contributed by atoms with Gasteiger partial charge in [-0.1, -0.05) is 27.2 Å². The lowest BCUT2D eigenvalue weighted by atomic mass is 9.93. The molecule has 0 aliphatic carbocycles. The van der Waals surface area contributed by atoms with Gasteiger partial charge in [0, 0.05) is 6.42 Å². The predicted octanol–water partition coefficient (Wildman–Crippen LogP) is 2.54. The van der Waals surface area contributed by atoms with Gasteiger partial charge in [-0.15, -0.1) is 0 Å². The highest BCUT2D eigenvalue weighted by Gasteiger charge is 2.26. The molecule has 0 fully saturated rings. The molecule has 78 valence electrons. The maximum atomic E-state index is 11.4. The lowest BCUT2D eigenvalue weighted by Gasteiger charge is -2.19. The average molecular weight is 186 g/mol. The van der Waals surface area contributed by atoms with Gasteiger partial charge in [-0.05, 0) is 25.7 Å². The van der Waals surface area contributed by atoms with Gasteiger partial charge in [-0.3, -0.25) is 4.79 Å². The molecule has 0 rings (SSSR count). The summed E-state index contributed by atoms with van der Waals surface area (Å²) in [5.41, 5.74) is -1.10. The third-order valence-corrected chi connectivity index (χ3v) is 2.47. The second kappa shape index (κ2) is 5.38. The van der Waals surface area contributed by atoms with Crippen LogP contribution in [0.4, 0.5) is 0 Å². The molecule has 0 aliphatic heterocycles. The van der Waals surface area contributed by atoms with E-state index >= 15 is 0 Å². The lowest BCUT2D eigenvalue weighted by Crippen LogP contribution is -2.33. The fraction of sp³-hybridized carbons (Fsp3) is 0.909. The van der Waals surface area contributed by atoms with Crippen molar-refractivity contribution < 1.29 is 9.90 Å². The van der Waals surface area contributed by atoms with Gasteiger partial charge in [0.15, 0.2) is 5.78 Å². The average Bonchev–Trinajstić information content (AvgIpc) is 2.03. The number of hydrogen-bond acceptors (Lipinski definition) is 2. The van der Waals surface area contributed by atoms with Crippen molar-refractivity contribution >= 4 is 5.78 Å². The molecule has 0 radical (unpaired) electrons. The molecule has 0 spiro atoms. The predicted molar refractivity (Wildman–Crippen MR) is 54.6 cm³/mol. The van der Waals surface area contributed by atoms with E-state index in [1.807, 2.05) is 6.92 Å². The van der Waals surface area contributed by atoms with E-state index < -0.39 is 5.60 Å². The summed E-state index contributed by atoms with van der Waals surface area (Å²) < 4.78 is 0. The third-order valence-electron chi connectivity index (χ3n) is 2.47. The molecule has 0 saturated carbocycles. The third kappa shape index (κ3) is 5.04. The molecule has 1 atom stereocenters. The number of hydrogen-bond donors (Lipinski definition) is 1. The Kier molecular flexibility index (Phi) is 5.23. The van der Waals surface area contributed by atoms with Crippen molar-refractivity contribution in [3.05, 3.63) is 0 Å². The fourth-order valence-corrected chi connectivity index (χ4v) is 1.14. The van der Waals surface area contributed by atoms with Crippen LogP contribution in [-0.4, -0.2) is 16.5 Å². The zero-order valence-electron chi connectivity index (χ0n) is 9.26. The fourth-order valence-electron chi connectivity index (χ4n) is 1.14. The van der Waals surface area contributed by atoms with E-state index in [1.165, 1.54) is 0 Å². The van der Waals surface area contributed by atoms with Gasteiger partial charge in [0.2, 0.25) is 0 Å². The number of aliphatic hydroxyl groups is 1.